The van der Waals surface area contributed by atoms with Gasteiger partial charge in [-0.05, 0) is 39.8 Å². The smallest absolute Gasteiger partial charge is 0.0192 e. The van der Waals surface area contributed by atoms with Crippen molar-refractivity contribution in [3.05, 3.63) is 0 Å². The van der Waals surface area contributed by atoms with Gasteiger partial charge in [0.15, 0.2) is 0 Å². The first-order valence-corrected chi connectivity index (χ1v) is 7.69. The van der Waals surface area contributed by atoms with Crippen LogP contribution in [0.5, 0.6) is 0 Å². The average Bonchev–Trinajstić information content (AvgIpc) is 2.38. The molecule has 0 saturated carbocycles. The van der Waals surface area contributed by atoms with Crippen LogP contribution in [0.15, 0.2) is 0 Å². The molecule has 17 heavy (non-hydrogen) atoms. The second-order valence-electron chi connectivity index (χ2n) is 5.67. The van der Waals surface area contributed by atoms with Crippen molar-refractivity contribution in [1.82, 2.24) is 10.2 Å². The SMILES string of the molecule is CCCCCCCC(C)N1CCCC(NC)C1. The Labute approximate surface area is 108 Å². The maximum absolute atomic E-state index is 3.43. The molecule has 0 aliphatic carbocycles. The van der Waals surface area contributed by atoms with Gasteiger partial charge in [-0.15, -0.1) is 0 Å². The number of piperidine rings is 1. The van der Waals surface area contributed by atoms with E-state index in [2.05, 4.69) is 31.1 Å². The van der Waals surface area contributed by atoms with Crippen molar-refractivity contribution in [2.24, 2.45) is 0 Å². The number of unbranched alkanes of at least 4 members (excludes halogenated alkanes) is 4. The lowest BCUT2D eigenvalue weighted by molar-refractivity contribution is 0.140. The number of likely N-dealkylation sites (tertiary alicyclic amines) is 1. The van der Waals surface area contributed by atoms with Gasteiger partial charge in [0.1, 0.15) is 0 Å². The number of hydrogen-bond donors (Lipinski definition) is 1. The van der Waals surface area contributed by atoms with Gasteiger partial charge in [0.2, 0.25) is 0 Å². The molecule has 0 amide bonds. The van der Waals surface area contributed by atoms with Gasteiger partial charge in [0.25, 0.3) is 0 Å². The van der Waals surface area contributed by atoms with Crippen molar-refractivity contribution in [2.45, 2.75) is 77.3 Å². The predicted octanol–water partition coefficient (Wildman–Crippen LogP) is 3.42. The van der Waals surface area contributed by atoms with Crippen molar-refractivity contribution in [2.75, 3.05) is 20.1 Å². The number of nitrogens with one attached hydrogen (secondary N) is 1. The van der Waals surface area contributed by atoms with Crippen LogP contribution in [-0.2, 0) is 0 Å². The zero-order chi connectivity index (χ0) is 12.5. The summed E-state index contributed by atoms with van der Waals surface area (Å²) in [6.45, 7) is 7.27. The fourth-order valence-corrected chi connectivity index (χ4v) is 2.87. The lowest BCUT2D eigenvalue weighted by Crippen LogP contribution is -2.47. The Morgan fingerprint density at radius 3 is 2.71 bits per heavy atom. The van der Waals surface area contributed by atoms with Gasteiger partial charge in [0, 0.05) is 18.6 Å². The molecule has 1 heterocycles. The fourth-order valence-electron chi connectivity index (χ4n) is 2.87. The third-order valence-electron chi connectivity index (χ3n) is 4.21. The van der Waals surface area contributed by atoms with Gasteiger partial charge in [-0.2, -0.15) is 0 Å². The maximum atomic E-state index is 3.43. The number of nitrogens with zero attached hydrogens (tertiary/aromatic N) is 1. The molecule has 1 fully saturated rings. The van der Waals surface area contributed by atoms with E-state index in [4.69, 9.17) is 0 Å². The highest BCUT2D eigenvalue weighted by molar-refractivity contribution is 4.80. The van der Waals surface area contributed by atoms with E-state index in [0.717, 1.165) is 12.1 Å². The highest BCUT2D eigenvalue weighted by Crippen LogP contribution is 2.17. The molecule has 1 N–H and O–H groups in total. The Bertz CT molecular complexity index is 182. The molecular formula is C15H32N2. The van der Waals surface area contributed by atoms with Gasteiger partial charge in [-0.25, -0.2) is 0 Å². The first-order chi connectivity index (χ1) is 8.27. The van der Waals surface area contributed by atoms with E-state index in [1.54, 1.807) is 0 Å². The summed E-state index contributed by atoms with van der Waals surface area (Å²) in [5.74, 6) is 0. The van der Waals surface area contributed by atoms with E-state index >= 15 is 0 Å². The van der Waals surface area contributed by atoms with Gasteiger partial charge in [-0.1, -0.05) is 39.0 Å². The fraction of sp³-hybridized carbons (Fsp3) is 1.00. The van der Waals surface area contributed by atoms with Crippen LogP contribution < -0.4 is 5.32 Å². The van der Waals surface area contributed by atoms with E-state index in [1.165, 1.54) is 64.5 Å². The molecule has 102 valence electrons. The van der Waals surface area contributed by atoms with Crippen LogP contribution in [0.3, 0.4) is 0 Å². The molecule has 2 atom stereocenters. The molecule has 0 bridgehead atoms. The Kier molecular flexibility index (Phi) is 7.87. The molecule has 1 aliphatic rings. The molecule has 0 aromatic carbocycles. The highest BCUT2D eigenvalue weighted by atomic mass is 15.2. The van der Waals surface area contributed by atoms with Gasteiger partial charge in [0.05, 0.1) is 0 Å². The molecule has 1 rings (SSSR count). The summed E-state index contributed by atoms with van der Waals surface area (Å²) in [5, 5.41) is 3.43. The van der Waals surface area contributed by atoms with Gasteiger partial charge in [-0.3, -0.25) is 4.90 Å². The molecule has 2 unspecified atom stereocenters. The average molecular weight is 240 g/mol. The molecule has 0 aromatic heterocycles. The second-order valence-corrected chi connectivity index (χ2v) is 5.67. The zero-order valence-electron chi connectivity index (χ0n) is 12.2. The summed E-state index contributed by atoms with van der Waals surface area (Å²) in [6, 6.07) is 1.51. The Morgan fingerprint density at radius 1 is 1.24 bits per heavy atom. The molecule has 1 saturated heterocycles. The standard InChI is InChI=1S/C15H32N2/c1-4-5-6-7-8-10-14(2)17-12-9-11-15(13-17)16-3/h14-16H,4-13H2,1-3H3. The van der Waals surface area contributed by atoms with Crippen molar-refractivity contribution < 1.29 is 0 Å². The monoisotopic (exact) mass is 240 g/mol. The number of likely N-dealkylation sites (N-methyl/N-ethyl adjacent to an activating group) is 1. The summed E-state index contributed by atoms with van der Waals surface area (Å²) >= 11 is 0. The summed E-state index contributed by atoms with van der Waals surface area (Å²) in [6.07, 6.45) is 11.2. The predicted molar refractivity (Wildman–Crippen MR) is 76.5 cm³/mol. The van der Waals surface area contributed by atoms with Crippen molar-refractivity contribution in [3.63, 3.8) is 0 Å². The minimum absolute atomic E-state index is 0.728. The minimum Gasteiger partial charge on any atom is -0.316 e. The molecule has 0 radical (unpaired) electrons. The molecule has 0 aromatic rings. The Balaban J connectivity index is 2.11. The van der Waals surface area contributed by atoms with Crippen LogP contribution in [0.2, 0.25) is 0 Å². The highest BCUT2D eigenvalue weighted by Gasteiger charge is 2.21. The van der Waals surface area contributed by atoms with Crippen LogP contribution in [0, 0.1) is 0 Å². The molecule has 2 heteroatoms. The molecule has 1 aliphatic heterocycles. The Morgan fingerprint density at radius 2 is 2.00 bits per heavy atom. The first-order valence-electron chi connectivity index (χ1n) is 7.69. The second kappa shape index (κ2) is 8.93. The number of hydrogen-bond acceptors (Lipinski definition) is 2. The van der Waals surface area contributed by atoms with Gasteiger partial charge >= 0.3 is 0 Å². The largest absolute Gasteiger partial charge is 0.316 e. The molecule has 0 spiro atoms. The molecular weight excluding hydrogens is 208 g/mol. The number of rotatable bonds is 8. The van der Waals surface area contributed by atoms with Crippen LogP contribution in [-0.4, -0.2) is 37.1 Å². The Hall–Kier alpha value is -0.0800. The van der Waals surface area contributed by atoms with Crippen molar-refractivity contribution in [1.29, 1.82) is 0 Å². The van der Waals surface area contributed by atoms with Crippen LogP contribution in [0.4, 0.5) is 0 Å². The van der Waals surface area contributed by atoms with E-state index in [9.17, 15) is 0 Å². The van der Waals surface area contributed by atoms with E-state index < -0.39 is 0 Å². The minimum atomic E-state index is 0.728. The van der Waals surface area contributed by atoms with Gasteiger partial charge < -0.3 is 5.32 Å². The van der Waals surface area contributed by atoms with Crippen LogP contribution in [0.1, 0.15) is 65.2 Å². The summed E-state index contributed by atoms with van der Waals surface area (Å²) in [7, 11) is 2.10. The summed E-state index contributed by atoms with van der Waals surface area (Å²) in [5.41, 5.74) is 0. The first kappa shape index (κ1) is 15.0. The topological polar surface area (TPSA) is 15.3 Å². The third kappa shape index (κ3) is 5.87. The maximum Gasteiger partial charge on any atom is 0.0192 e. The quantitative estimate of drug-likeness (QED) is 0.654. The zero-order valence-corrected chi connectivity index (χ0v) is 12.2. The summed E-state index contributed by atoms with van der Waals surface area (Å²) < 4.78 is 0. The van der Waals surface area contributed by atoms with Crippen LogP contribution in [0.25, 0.3) is 0 Å². The van der Waals surface area contributed by atoms with Crippen molar-refractivity contribution >= 4 is 0 Å². The molecule has 2 nitrogen and oxygen atoms in total. The van der Waals surface area contributed by atoms with E-state index in [-0.39, 0.29) is 0 Å². The summed E-state index contributed by atoms with van der Waals surface area (Å²) in [4.78, 5) is 2.69. The lowest BCUT2D eigenvalue weighted by atomic mass is 10.0. The van der Waals surface area contributed by atoms with E-state index in [0.29, 0.717) is 0 Å². The lowest BCUT2D eigenvalue weighted by Gasteiger charge is -2.36. The van der Waals surface area contributed by atoms with E-state index in [1.807, 2.05) is 0 Å². The normalized spacial score (nSPS) is 23.8. The van der Waals surface area contributed by atoms with Crippen molar-refractivity contribution in [3.8, 4) is 0 Å². The van der Waals surface area contributed by atoms with Crippen LogP contribution >= 0.6 is 0 Å². The third-order valence-corrected chi connectivity index (χ3v) is 4.21.